The summed E-state index contributed by atoms with van der Waals surface area (Å²) in [6, 6.07) is 17.5. The monoisotopic (exact) mass is 551 g/mol. The normalized spacial score (nSPS) is 17.7. The number of aromatic nitrogens is 1. The molecular weight excluding hydrogens is 526 g/mol. The van der Waals surface area contributed by atoms with Crippen molar-refractivity contribution in [3.8, 4) is 0 Å². The molecule has 3 heterocycles. The molecule has 37 heavy (non-hydrogen) atoms. The van der Waals surface area contributed by atoms with Crippen molar-refractivity contribution in [3.63, 3.8) is 0 Å². The third-order valence-corrected chi connectivity index (χ3v) is 8.34. The zero-order valence-electron chi connectivity index (χ0n) is 20.4. The first-order valence-corrected chi connectivity index (χ1v) is 13.8. The van der Waals surface area contributed by atoms with Crippen LogP contribution in [0.25, 0.3) is 17.0 Å². The van der Waals surface area contributed by atoms with E-state index in [2.05, 4.69) is 11.0 Å². The van der Waals surface area contributed by atoms with E-state index in [9.17, 15) is 9.59 Å². The number of thiocarbonyl (C=S) groups is 1. The number of carbonyl (C=O) groups is 2. The Morgan fingerprint density at radius 3 is 2.68 bits per heavy atom. The lowest BCUT2D eigenvalue weighted by atomic mass is 9.96. The van der Waals surface area contributed by atoms with Crippen LogP contribution in [-0.4, -0.2) is 45.8 Å². The van der Waals surface area contributed by atoms with E-state index in [0.29, 0.717) is 53.3 Å². The molecule has 0 radical (unpaired) electrons. The van der Waals surface area contributed by atoms with E-state index >= 15 is 0 Å². The van der Waals surface area contributed by atoms with Crippen LogP contribution in [-0.2, 0) is 20.9 Å². The summed E-state index contributed by atoms with van der Waals surface area (Å²) >= 11 is 13.2. The minimum absolute atomic E-state index is 0.0961. The van der Waals surface area contributed by atoms with Crippen molar-refractivity contribution < 1.29 is 14.3 Å². The van der Waals surface area contributed by atoms with Crippen molar-refractivity contribution >= 4 is 74.6 Å². The summed E-state index contributed by atoms with van der Waals surface area (Å²) in [5.41, 5.74) is 2.58. The molecule has 0 bridgehead atoms. The largest absolute Gasteiger partial charge is 0.466 e. The average Bonchev–Trinajstić information content (AvgIpc) is 3.17. The number of nitrogens with zero attached hydrogens (tertiary/aromatic N) is 3. The number of hydrogen-bond acceptors (Lipinski definition) is 7. The lowest BCUT2D eigenvalue weighted by Gasteiger charge is -2.32. The number of carbonyl (C=O) groups excluding carboxylic acids is 2. The molecule has 0 unspecified atom stereocenters. The molecule has 2 aliphatic rings. The smallest absolute Gasteiger partial charge is 0.309 e. The summed E-state index contributed by atoms with van der Waals surface area (Å²) in [6.45, 7) is 3.91. The van der Waals surface area contributed by atoms with Gasteiger partial charge in [0.05, 0.1) is 29.5 Å². The average molecular weight is 552 g/mol. The van der Waals surface area contributed by atoms with Crippen LogP contribution in [0.5, 0.6) is 0 Å². The second-order valence-corrected chi connectivity index (χ2v) is 11.0. The molecule has 0 spiro atoms. The quantitative estimate of drug-likeness (QED) is 0.209. The van der Waals surface area contributed by atoms with Gasteiger partial charge < -0.3 is 9.64 Å². The molecule has 2 aromatic carbocycles. The van der Waals surface area contributed by atoms with Crippen molar-refractivity contribution in [2.75, 3.05) is 24.6 Å². The highest BCUT2D eigenvalue weighted by atomic mass is 35.5. The summed E-state index contributed by atoms with van der Waals surface area (Å²) in [6.07, 6.45) is 3.29. The van der Waals surface area contributed by atoms with E-state index in [4.69, 9.17) is 33.5 Å². The first-order chi connectivity index (χ1) is 17.9. The van der Waals surface area contributed by atoms with Gasteiger partial charge in [0.1, 0.15) is 10.1 Å². The van der Waals surface area contributed by atoms with E-state index in [-0.39, 0.29) is 17.8 Å². The van der Waals surface area contributed by atoms with Gasteiger partial charge in [-0.25, -0.2) is 4.98 Å². The third kappa shape index (κ3) is 5.51. The molecule has 6 nitrogen and oxygen atoms in total. The van der Waals surface area contributed by atoms with E-state index in [1.54, 1.807) is 4.90 Å². The van der Waals surface area contributed by atoms with Crippen LogP contribution < -0.4 is 4.90 Å². The second-order valence-electron chi connectivity index (χ2n) is 8.97. The topological polar surface area (TPSA) is 62.7 Å². The van der Waals surface area contributed by atoms with Crippen molar-refractivity contribution in [3.05, 3.63) is 75.7 Å². The number of hydrogen-bond donors (Lipinski definition) is 0. The van der Waals surface area contributed by atoms with Gasteiger partial charge >= 0.3 is 5.97 Å². The zero-order chi connectivity index (χ0) is 25.9. The van der Waals surface area contributed by atoms with Gasteiger partial charge in [0.2, 0.25) is 0 Å². The van der Waals surface area contributed by atoms with Crippen molar-refractivity contribution in [2.24, 2.45) is 5.92 Å². The number of pyridine rings is 1. The Morgan fingerprint density at radius 1 is 1.19 bits per heavy atom. The minimum atomic E-state index is -0.143. The van der Waals surface area contributed by atoms with Gasteiger partial charge in [-0.05, 0) is 49.6 Å². The summed E-state index contributed by atoms with van der Waals surface area (Å²) in [7, 11) is 0. The van der Waals surface area contributed by atoms with Crippen LogP contribution in [0.4, 0.5) is 5.82 Å². The maximum Gasteiger partial charge on any atom is 0.309 e. The van der Waals surface area contributed by atoms with E-state index in [1.807, 2.05) is 61.5 Å². The molecular formula is C28H26ClN3O3S2. The summed E-state index contributed by atoms with van der Waals surface area (Å²) in [4.78, 5) is 34.9. The van der Waals surface area contributed by atoms with Gasteiger partial charge in [0.15, 0.2) is 0 Å². The lowest BCUT2D eigenvalue weighted by molar-refractivity contribution is -0.148. The van der Waals surface area contributed by atoms with Gasteiger partial charge in [0, 0.05) is 29.1 Å². The number of piperidine rings is 1. The van der Waals surface area contributed by atoms with Gasteiger partial charge in [-0.15, -0.1) is 0 Å². The number of esters is 1. The molecule has 2 aliphatic heterocycles. The Morgan fingerprint density at radius 2 is 1.92 bits per heavy atom. The minimum Gasteiger partial charge on any atom is -0.466 e. The van der Waals surface area contributed by atoms with Crippen LogP contribution in [0.3, 0.4) is 0 Å². The molecule has 0 N–H and O–H groups in total. The van der Waals surface area contributed by atoms with Gasteiger partial charge in [0.25, 0.3) is 5.91 Å². The Bertz CT molecular complexity index is 1400. The number of thioether (sulfide) groups is 1. The number of fused-ring (bicyclic) bond motifs is 1. The molecule has 1 aromatic heterocycles. The Hall–Kier alpha value is -2.94. The molecule has 3 aromatic rings. The molecule has 2 saturated heterocycles. The molecule has 190 valence electrons. The van der Waals surface area contributed by atoms with E-state index < -0.39 is 0 Å². The van der Waals surface area contributed by atoms with Crippen LogP contribution in [0.1, 0.15) is 30.9 Å². The van der Waals surface area contributed by atoms with E-state index in [0.717, 1.165) is 27.8 Å². The number of ether oxygens (including phenoxy) is 1. The number of halogens is 1. The second kappa shape index (κ2) is 11.2. The van der Waals surface area contributed by atoms with Crippen molar-refractivity contribution in [1.82, 2.24) is 9.88 Å². The summed E-state index contributed by atoms with van der Waals surface area (Å²) < 4.78 is 5.73. The summed E-state index contributed by atoms with van der Waals surface area (Å²) in [5, 5.41) is 1.60. The summed E-state index contributed by atoms with van der Waals surface area (Å²) in [5.74, 6) is 0.435. The standard InChI is InChI=1S/C28H26ClN3O3S2/c1-2-35-27(34)18-11-13-31(14-12-18)25-21(15-19-7-4-6-10-23(19)30-25)16-24-26(33)32(28(36)37-24)17-20-8-3-5-9-22(20)29/h3-10,15-16,18H,2,11-14,17H2,1H3/b24-16-. The Labute approximate surface area is 230 Å². The lowest BCUT2D eigenvalue weighted by Crippen LogP contribution is -2.37. The molecule has 9 heteroatoms. The van der Waals surface area contributed by atoms with Gasteiger partial charge in [-0.2, -0.15) is 0 Å². The molecule has 0 atom stereocenters. The fourth-order valence-electron chi connectivity index (χ4n) is 4.64. The van der Waals surface area contributed by atoms with Crippen LogP contribution in [0, 0.1) is 5.92 Å². The van der Waals surface area contributed by atoms with Gasteiger partial charge in [-0.3, -0.25) is 14.5 Å². The maximum absolute atomic E-state index is 13.4. The highest BCUT2D eigenvalue weighted by Gasteiger charge is 2.33. The van der Waals surface area contributed by atoms with Crippen molar-refractivity contribution in [2.45, 2.75) is 26.3 Å². The highest BCUT2D eigenvalue weighted by Crippen LogP contribution is 2.37. The van der Waals surface area contributed by atoms with Crippen molar-refractivity contribution in [1.29, 1.82) is 0 Å². The van der Waals surface area contributed by atoms with E-state index in [1.165, 1.54) is 11.8 Å². The SMILES string of the molecule is CCOC(=O)C1CCN(c2nc3ccccc3cc2/C=C2\SC(=S)N(Cc3ccccc3Cl)C2=O)CC1. The first kappa shape index (κ1) is 25.7. The van der Waals surface area contributed by atoms with Gasteiger partial charge in [-0.1, -0.05) is 72.0 Å². The number of benzene rings is 2. The Balaban J connectivity index is 1.44. The van der Waals surface area contributed by atoms with Crippen LogP contribution in [0.2, 0.25) is 5.02 Å². The number of amides is 1. The predicted molar refractivity (Wildman–Crippen MR) is 153 cm³/mol. The molecule has 2 fully saturated rings. The maximum atomic E-state index is 13.4. The number of para-hydroxylation sites is 1. The number of rotatable bonds is 6. The molecule has 1 amide bonds. The zero-order valence-corrected chi connectivity index (χ0v) is 22.7. The fourth-order valence-corrected chi connectivity index (χ4v) is 6.08. The molecule has 0 saturated carbocycles. The third-order valence-electron chi connectivity index (χ3n) is 6.59. The fraction of sp³-hybridized carbons (Fsp3) is 0.286. The number of anilines is 1. The molecule has 0 aliphatic carbocycles. The van der Waals surface area contributed by atoms with Crippen LogP contribution in [0.15, 0.2) is 59.5 Å². The first-order valence-electron chi connectivity index (χ1n) is 12.2. The molecule has 5 rings (SSSR count). The predicted octanol–water partition coefficient (Wildman–Crippen LogP) is 6.07. The van der Waals surface area contributed by atoms with Crippen LogP contribution >= 0.6 is 35.6 Å². The highest BCUT2D eigenvalue weighted by molar-refractivity contribution is 8.26. The Kier molecular flexibility index (Phi) is 7.79.